The Morgan fingerprint density at radius 2 is 2.05 bits per heavy atom. The van der Waals surface area contributed by atoms with Gasteiger partial charge in [0.05, 0.1) is 11.4 Å². The number of nitrogens with zero attached hydrogens (tertiary/aromatic N) is 2. The van der Waals surface area contributed by atoms with Crippen molar-refractivity contribution < 1.29 is 13.5 Å². The van der Waals surface area contributed by atoms with Crippen LogP contribution in [0.2, 0.25) is 0 Å². The minimum absolute atomic E-state index is 0.0629. The molecule has 0 aliphatic carbocycles. The highest BCUT2D eigenvalue weighted by atomic mass is 32.2. The first-order valence-corrected chi connectivity index (χ1v) is 9.45. The minimum atomic E-state index is -3.51. The highest BCUT2D eigenvalue weighted by Gasteiger charge is 2.23. The lowest BCUT2D eigenvalue weighted by Crippen LogP contribution is -2.26. The molecule has 6 nitrogen and oxygen atoms in total. The number of aryl methyl sites for hydroxylation is 2. The third-order valence-electron chi connectivity index (χ3n) is 2.93. The lowest BCUT2D eigenvalue weighted by molar-refractivity contribution is 0.276. The van der Waals surface area contributed by atoms with E-state index in [4.69, 9.17) is 5.11 Å². The summed E-state index contributed by atoms with van der Waals surface area (Å²) in [5, 5.41) is 13.1. The molecule has 116 valence electrons. The first kappa shape index (κ1) is 17.5. The van der Waals surface area contributed by atoms with Crippen molar-refractivity contribution in [1.29, 1.82) is 0 Å². The number of rotatable bonds is 9. The summed E-state index contributed by atoms with van der Waals surface area (Å²) in [7, 11) is -3.51. The maximum Gasteiger partial charge on any atom is 0.244 e. The number of sulfonamides is 1. The van der Waals surface area contributed by atoms with E-state index in [9.17, 15) is 8.42 Å². The summed E-state index contributed by atoms with van der Waals surface area (Å²) in [6.07, 6.45) is 3.35. The maximum absolute atomic E-state index is 12.3. The normalized spacial score (nSPS) is 12.0. The van der Waals surface area contributed by atoms with Crippen LogP contribution in [0.5, 0.6) is 0 Å². The molecule has 0 aliphatic rings. The zero-order chi connectivity index (χ0) is 15.2. The standard InChI is InChI=1S/C12H23N3O3S2/c1-10-12(11(2)15(14-10)7-5-8-16)20(17,18)13-6-4-9-19-3/h13,16H,4-9H2,1-3H3. The van der Waals surface area contributed by atoms with E-state index in [2.05, 4.69) is 9.82 Å². The predicted molar refractivity (Wildman–Crippen MR) is 81.6 cm³/mol. The molecule has 0 aliphatic heterocycles. The van der Waals surface area contributed by atoms with E-state index in [1.54, 1.807) is 30.3 Å². The molecule has 2 N–H and O–H groups in total. The van der Waals surface area contributed by atoms with Crippen molar-refractivity contribution in [2.75, 3.05) is 25.2 Å². The molecule has 0 radical (unpaired) electrons. The van der Waals surface area contributed by atoms with Crippen LogP contribution in [0.3, 0.4) is 0 Å². The Balaban J connectivity index is 2.86. The fourth-order valence-corrected chi connectivity index (χ4v) is 3.92. The van der Waals surface area contributed by atoms with Crippen LogP contribution in [0.4, 0.5) is 0 Å². The molecule has 0 bridgehead atoms. The molecule has 0 unspecified atom stereocenters. The average Bonchev–Trinajstić information content (AvgIpc) is 2.67. The summed E-state index contributed by atoms with van der Waals surface area (Å²) in [6, 6.07) is 0. The monoisotopic (exact) mass is 321 g/mol. The van der Waals surface area contributed by atoms with Crippen LogP contribution in [0.1, 0.15) is 24.2 Å². The van der Waals surface area contributed by atoms with E-state index in [1.807, 2.05) is 6.26 Å². The van der Waals surface area contributed by atoms with Crippen LogP contribution >= 0.6 is 11.8 Å². The molecule has 0 atom stereocenters. The van der Waals surface area contributed by atoms with Crippen LogP contribution in [0.25, 0.3) is 0 Å². The van der Waals surface area contributed by atoms with Crippen molar-refractivity contribution in [3.63, 3.8) is 0 Å². The second-order valence-electron chi connectivity index (χ2n) is 4.54. The van der Waals surface area contributed by atoms with Gasteiger partial charge in [-0.3, -0.25) is 4.68 Å². The SMILES string of the molecule is CSCCCNS(=O)(=O)c1c(C)nn(CCCO)c1C. The summed E-state index contributed by atoms with van der Waals surface area (Å²) in [5.74, 6) is 0.927. The molecule has 0 amide bonds. The molecule has 1 heterocycles. The van der Waals surface area contributed by atoms with Crippen molar-refractivity contribution in [3.8, 4) is 0 Å². The Bertz CT molecular complexity index is 526. The lowest BCUT2D eigenvalue weighted by Gasteiger charge is -2.07. The van der Waals surface area contributed by atoms with Gasteiger partial charge >= 0.3 is 0 Å². The third-order valence-corrected chi connectivity index (χ3v) is 5.34. The summed E-state index contributed by atoms with van der Waals surface area (Å²) >= 11 is 1.69. The molecule has 0 saturated carbocycles. The molecular weight excluding hydrogens is 298 g/mol. The summed E-state index contributed by atoms with van der Waals surface area (Å²) in [5.41, 5.74) is 1.12. The maximum atomic E-state index is 12.3. The van der Waals surface area contributed by atoms with Crippen molar-refractivity contribution in [2.45, 2.75) is 38.1 Å². The number of aliphatic hydroxyl groups is 1. The zero-order valence-corrected chi connectivity index (χ0v) is 13.9. The Morgan fingerprint density at radius 3 is 2.65 bits per heavy atom. The molecule has 0 aromatic carbocycles. The van der Waals surface area contributed by atoms with Crippen LogP contribution in [0.15, 0.2) is 4.90 Å². The molecule has 0 saturated heterocycles. The fourth-order valence-electron chi connectivity index (χ4n) is 2.00. The highest BCUT2D eigenvalue weighted by Crippen LogP contribution is 2.19. The summed E-state index contributed by atoms with van der Waals surface area (Å²) in [4.78, 5) is 0.264. The molecule has 1 rings (SSSR count). The Hall–Kier alpha value is -0.570. The molecule has 1 aromatic heterocycles. The largest absolute Gasteiger partial charge is 0.396 e. The minimum Gasteiger partial charge on any atom is -0.396 e. The van der Waals surface area contributed by atoms with Gasteiger partial charge in [0.1, 0.15) is 4.90 Å². The van der Waals surface area contributed by atoms with Gasteiger partial charge in [-0.25, -0.2) is 13.1 Å². The number of thioether (sulfide) groups is 1. The van der Waals surface area contributed by atoms with Crippen LogP contribution in [-0.4, -0.2) is 48.5 Å². The molecule has 8 heteroatoms. The van der Waals surface area contributed by atoms with Crippen molar-refractivity contribution in [3.05, 3.63) is 11.4 Å². The third kappa shape index (κ3) is 4.47. The second kappa shape index (κ2) is 8.02. The quantitative estimate of drug-likeness (QED) is 0.661. The second-order valence-corrected chi connectivity index (χ2v) is 7.23. The van der Waals surface area contributed by atoms with Gasteiger partial charge in [0.15, 0.2) is 0 Å². The number of nitrogens with one attached hydrogen (secondary N) is 1. The van der Waals surface area contributed by atoms with E-state index in [0.717, 1.165) is 12.2 Å². The number of aromatic nitrogens is 2. The van der Waals surface area contributed by atoms with Crippen molar-refractivity contribution in [2.24, 2.45) is 0 Å². The van der Waals surface area contributed by atoms with Crippen LogP contribution < -0.4 is 4.72 Å². The van der Waals surface area contributed by atoms with Crippen LogP contribution in [0, 0.1) is 13.8 Å². The number of hydrogen-bond donors (Lipinski definition) is 2. The molecular formula is C12H23N3O3S2. The van der Waals surface area contributed by atoms with E-state index in [0.29, 0.717) is 30.9 Å². The highest BCUT2D eigenvalue weighted by molar-refractivity contribution is 7.98. The van der Waals surface area contributed by atoms with Crippen LogP contribution in [-0.2, 0) is 16.6 Å². The van der Waals surface area contributed by atoms with Crippen molar-refractivity contribution in [1.82, 2.24) is 14.5 Å². The number of hydrogen-bond acceptors (Lipinski definition) is 5. The van der Waals surface area contributed by atoms with E-state index < -0.39 is 10.0 Å². The number of aliphatic hydroxyl groups excluding tert-OH is 1. The Labute approximate surface area is 125 Å². The van der Waals surface area contributed by atoms with Gasteiger partial charge in [0, 0.05) is 19.7 Å². The molecule has 20 heavy (non-hydrogen) atoms. The van der Waals surface area contributed by atoms with Gasteiger partial charge < -0.3 is 5.11 Å². The Morgan fingerprint density at radius 1 is 1.35 bits per heavy atom. The smallest absolute Gasteiger partial charge is 0.244 e. The van der Waals surface area contributed by atoms with Gasteiger partial charge in [-0.2, -0.15) is 16.9 Å². The lowest BCUT2D eigenvalue weighted by atomic mass is 10.4. The fraction of sp³-hybridized carbons (Fsp3) is 0.750. The van der Waals surface area contributed by atoms with Gasteiger partial charge in [-0.05, 0) is 38.7 Å². The van der Waals surface area contributed by atoms with Crippen molar-refractivity contribution >= 4 is 21.8 Å². The topological polar surface area (TPSA) is 84.2 Å². The first-order valence-electron chi connectivity index (χ1n) is 6.57. The molecule has 0 fully saturated rings. The molecule has 0 spiro atoms. The first-order chi connectivity index (χ1) is 9.44. The zero-order valence-electron chi connectivity index (χ0n) is 12.2. The van der Waals surface area contributed by atoms with Gasteiger partial charge in [0.2, 0.25) is 10.0 Å². The molecule has 1 aromatic rings. The predicted octanol–water partition coefficient (Wildman–Crippen LogP) is 0.914. The van der Waals surface area contributed by atoms with E-state index in [-0.39, 0.29) is 11.5 Å². The summed E-state index contributed by atoms with van der Waals surface area (Å²) in [6.45, 7) is 4.45. The van der Waals surface area contributed by atoms with Gasteiger partial charge in [0.25, 0.3) is 0 Å². The van der Waals surface area contributed by atoms with E-state index in [1.165, 1.54) is 0 Å². The van der Waals surface area contributed by atoms with E-state index >= 15 is 0 Å². The summed E-state index contributed by atoms with van der Waals surface area (Å²) < 4.78 is 28.9. The Kier molecular flexibility index (Phi) is 7.01. The average molecular weight is 321 g/mol. The van der Waals surface area contributed by atoms with Gasteiger partial charge in [-0.1, -0.05) is 0 Å². The van der Waals surface area contributed by atoms with Gasteiger partial charge in [-0.15, -0.1) is 0 Å².